The second-order valence-electron chi connectivity index (χ2n) is 5.99. The largest absolute Gasteiger partial charge is 0.370 e. The molecule has 2 unspecified atom stereocenters. The Morgan fingerprint density at radius 3 is 2.76 bits per heavy atom. The minimum atomic E-state index is 0.301. The minimum absolute atomic E-state index is 0.301. The summed E-state index contributed by atoms with van der Waals surface area (Å²) in [4.78, 5) is 0. The molecule has 3 heteroatoms. The molecule has 1 saturated carbocycles. The fraction of sp³-hybridized carbons (Fsp3) is 1.00. The van der Waals surface area contributed by atoms with Gasteiger partial charge in [-0.2, -0.15) is 11.8 Å². The highest BCUT2D eigenvalue weighted by Crippen LogP contribution is 2.41. The van der Waals surface area contributed by atoms with Crippen LogP contribution in [-0.4, -0.2) is 35.8 Å². The Labute approximate surface area is 109 Å². The Morgan fingerprint density at radius 1 is 1.12 bits per heavy atom. The summed E-state index contributed by atoms with van der Waals surface area (Å²) in [5.41, 5.74) is 0.301. The lowest BCUT2D eigenvalue weighted by Crippen LogP contribution is -2.38. The molecule has 2 nitrogen and oxygen atoms in total. The normalized spacial score (nSPS) is 36.7. The van der Waals surface area contributed by atoms with Crippen LogP contribution in [0.25, 0.3) is 0 Å². The van der Waals surface area contributed by atoms with Crippen molar-refractivity contribution in [3.8, 4) is 0 Å². The van der Waals surface area contributed by atoms with Crippen LogP contribution in [0.5, 0.6) is 0 Å². The summed E-state index contributed by atoms with van der Waals surface area (Å²) in [6.45, 7) is 1.09. The molecule has 0 aromatic heterocycles. The van der Waals surface area contributed by atoms with Gasteiger partial charge in [0.15, 0.2) is 0 Å². The van der Waals surface area contributed by atoms with E-state index in [0.717, 1.165) is 12.6 Å². The fourth-order valence-electron chi connectivity index (χ4n) is 3.60. The van der Waals surface area contributed by atoms with Gasteiger partial charge in [-0.3, -0.25) is 0 Å². The predicted molar refractivity (Wildman–Crippen MR) is 73.7 cm³/mol. The summed E-state index contributed by atoms with van der Waals surface area (Å²) in [6, 6.07) is 0.756. The topological polar surface area (TPSA) is 21.3 Å². The van der Waals surface area contributed by atoms with Crippen molar-refractivity contribution in [2.24, 2.45) is 0 Å². The van der Waals surface area contributed by atoms with Gasteiger partial charge in [-0.25, -0.2) is 0 Å². The summed E-state index contributed by atoms with van der Waals surface area (Å²) in [5, 5.41) is 3.70. The Bertz CT molecular complexity index is 247. The first kappa shape index (κ1) is 12.3. The van der Waals surface area contributed by atoms with E-state index in [-0.39, 0.29) is 0 Å². The molecule has 2 aliphatic heterocycles. The average molecular weight is 255 g/mol. The van der Waals surface area contributed by atoms with E-state index in [2.05, 4.69) is 17.1 Å². The molecule has 0 aromatic carbocycles. The molecule has 2 saturated heterocycles. The SMILES string of the molecule is C1CCC2(CC1)CCC(CNC1CCSC1)O2. The third-order valence-electron chi connectivity index (χ3n) is 4.67. The Kier molecular flexibility index (Phi) is 3.98. The third kappa shape index (κ3) is 2.99. The lowest BCUT2D eigenvalue weighted by Gasteiger charge is -2.33. The van der Waals surface area contributed by atoms with E-state index >= 15 is 0 Å². The lowest BCUT2D eigenvalue weighted by molar-refractivity contribution is -0.0628. The Balaban J connectivity index is 1.43. The third-order valence-corrected chi connectivity index (χ3v) is 5.83. The first-order chi connectivity index (χ1) is 8.36. The van der Waals surface area contributed by atoms with Gasteiger partial charge in [0, 0.05) is 18.3 Å². The highest BCUT2D eigenvalue weighted by Gasteiger charge is 2.40. The van der Waals surface area contributed by atoms with E-state index in [1.54, 1.807) is 0 Å². The quantitative estimate of drug-likeness (QED) is 0.838. The molecule has 98 valence electrons. The molecule has 0 amide bonds. The molecule has 1 spiro atoms. The van der Waals surface area contributed by atoms with E-state index in [1.165, 1.54) is 62.9 Å². The number of hydrogen-bond donors (Lipinski definition) is 1. The zero-order valence-corrected chi connectivity index (χ0v) is 11.6. The molecule has 2 atom stereocenters. The van der Waals surface area contributed by atoms with Crippen LogP contribution in [0.4, 0.5) is 0 Å². The highest BCUT2D eigenvalue weighted by atomic mass is 32.2. The fourth-order valence-corrected chi connectivity index (χ4v) is 4.78. The monoisotopic (exact) mass is 255 g/mol. The second kappa shape index (κ2) is 5.50. The average Bonchev–Trinajstić information content (AvgIpc) is 2.98. The minimum Gasteiger partial charge on any atom is -0.370 e. The van der Waals surface area contributed by atoms with Crippen LogP contribution in [0, 0.1) is 0 Å². The van der Waals surface area contributed by atoms with Gasteiger partial charge in [0.1, 0.15) is 0 Å². The van der Waals surface area contributed by atoms with Crippen molar-refractivity contribution in [1.29, 1.82) is 0 Å². The van der Waals surface area contributed by atoms with E-state index in [1.807, 2.05) is 0 Å². The van der Waals surface area contributed by atoms with Gasteiger partial charge in [-0.15, -0.1) is 0 Å². The molecule has 0 radical (unpaired) electrons. The molecule has 3 fully saturated rings. The molecule has 1 N–H and O–H groups in total. The Hall–Kier alpha value is 0.270. The zero-order valence-electron chi connectivity index (χ0n) is 10.7. The first-order valence-corrected chi connectivity index (χ1v) is 8.51. The van der Waals surface area contributed by atoms with Crippen LogP contribution in [0.2, 0.25) is 0 Å². The van der Waals surface area contributed by atoms with Crippen molar-refractivity contribution in [1.82, 2.24) is 5.32 Å². The standard InChI is InChI=1S/C14H25NOS/c1-2-6-14(7-3-1)8-4-13(16-14)10-15-12-5-9-17-11-12/h12-13,15H,1-11H2. The van der Waals surface area contributed by atoms with Crippen molar-refractivity contribution in [2.75, 3.05) is 18.1 Å². The molecular formula is C14H25NOS. The molecule has 3 rings (SSSR count). The number of nitrogens with one attached hydrogen (secondary N) is 1. The second-order valence-corrected chi connectivity index (χ2v) is 7.14. The Morgan fingerprint density at radius 2 is 2.00 bits per heavy atom. The maximum atomic E-state index is 6.38. The number of hydrogen-bond acceptors (Lipinski definition) is 3. The van der Waals surface area contributed by atoms with Crippen LogP contribution >= 0.6 is 11.8 Å². The number of ether oxygens (including phenoxy) is 1. The summed E-state index contributed by atoms with van der Waals surface area (Å²) < 4.78 is 6.38. The van der Waals surface area contributed by atoms with Crippen molar-refractivity contribution in [2.45, 2.75) is 69.1 Å². The molecule has 2 heterocycles. The van der Waals surface area contributed by atoms with Gasteiger partial charge in [0.05, 0.1) is 11.7 Å². The van der Waals surface area contributed by atoms with E-state index < -0.39 is 0 Å². The lowest BCUT2D eigenvalue weighted by atomic mass is 9.83. The maximum absolute atomic E-state index is 6.38. The van der Waals surface area contributed by atoms with Gasteiger partial charge in [0.2, 0.25) is 0 Å². The predicted octanol–water partition coefficient (Wildman–Crippen LogP) is 2.96. The molecule has 17 heavy (non-hydrogen) atoms. The summed E-state index contributed by atoms with van der Waals surface area (Å²) >= 11 is 2.08. The van der Waals surface area contributed by atoms with Gasteiger partial charge in [0.25, 0.3) is 0 Å². The molecule has 0 bridgehead atoms. The van der Waals surface area contributed by atoms with Crippen LogP contribution in [-0.2, 0) is 4.74 Å². The number of rotatable bonds is 3. The highest BCUT2D eigenvalue weighted by molar-refractivity contribution is 7.99. The summed E-state index contributed by atoms with van der Waals surface area (Å²) in [7, 11) is 0. The molecular weight excluding hydrogens is 230 g/mol. The van der Waals surface area contributed by atoms with Crippen LogP contribution < -0.4 is 5.32 Å². The number of thioether (sulfide) groups is 1. The molecule has 3 aliphatic rings. The van der Waals surface area contributed by atoms with Crippen LogP contribution in [0.1, 0.15) is 51.4 Å². The van der Waals surface area contributed by atoms with Gasteiger partial charge in [-0.1, -0.05) is 19.3 Å². The molecule has 1 aliphatic carbocycles. The smallest absolute Gasteiger partial charge is 0.0708 e. The zero-order chi connectivity index (χ0) is 11.6. The van der Waals surface area contributed by atoms with Gasteiger partial charge in [-0.05, 0) is 37.9 Å². The van der Waals surface area contributed by atoms with Gasteiger partial charge < -0.3 is 10.1 Å². The van der Waals surface area contributed by atoms with Gasteiger partial charge >= 0.3 is 0 Å². The summed E-state index contributed by atoms with van der Waals surface area (Å²) in [6.07, 6.45) is 11.3. The van der Waals surface area contributed by atoms with Crippen molar-refractivity contribution in [3.63, 3.8) is 0 Å². The van der Waals surface area contributed by atoms with Crippen molar-refractivity contribution >= 4 is 11.8 Å². The van der Waals surface area contributed by atoms with E-state index in [4.69, 9.17) is 4.74 Å². The van der Waals surface area contributed by atoms with E-state index in [9.17, 15) is 0 Å². The first-order valence-electron chi connectivity index (χ1n) is 7.35. The summed E-state index contributed by atoms with van der Waals surface area (Å²) in [5.74, 6) is 2.64. The van der Waals surface area contributed by atoms with Crippen LogP contribution in [0.15, 0.2) is 0 Å². The van der Waals surface area contributed by atoms with Crippen LogP contribution in [0.3, 0.4) is 0 Å². The van der Waals surface area contributed by atoms with Crippen molar-refractivity contribution < 1.29 is 4.74 Å². The molecule has 0 aromatic rings. The maximum Gasteiger partial charge on any atom is 0.0708 e. The van der Waals surface area contributed by atoms with Crippen molar-refractivity contribution in [3.05, 3.63) is 0 Å². The van der Waals surface area contributed by atoms with E-state index in [0.29, 0.717) is 11.7 Å².